The van der Waals surface area contributed by atoms with Crippen LogP contribution in [0.2, 0.25) is 0 Å². The zero-order chi connectivity index (χ0) is 33.5. The van der Waals surface area contributed by atoms with Crippen LogP contribution in [0.15, 0.2) is 77.4 Å². The number of carbonyl (C=O) groups excluding carboxylic acids is 4. The Morgan fingerprint density at radius 3 is 2.42 bits per heavy atom. The third kappa shape index (κ3) is 5.62. The number of fused-ring (bicyclic) bond motifs is 2. The molecule has 12 nitrogen and oxygen atoms in total. The summed E-state index contributed by atoms with van der Waals surface area (Å²) in [6, 6.07) is 19.3. The number of nitrogens with zero attached hydrogens (tertiary/aromatic N) is 5. The molecule has 2 aliphatic rings. The number of rotatable bonds is 7. The summed E-state index contributed by atoms with van der Waals surface area (Å²) in [7, 11) is 3.25. The van der Waals surface area contributed by atoms with Gasteiger partial charge in [-0.15, -0.1) is 11.3 Å². The number of thiophene rings is 1. The number of methoxy groups -OCH3 is 1. The van der Waals surface area contributed by atoms with Crippen molar-refractivity contribution >= 4 is 46.4 Å². The lowest BCUT2D eigenvalue weighted by atomic mass is 10.0. The number of esters is 1. The molecule has 0 radical (unpaired) electrons. The zero-order valence-electron chi connectivity index (χ0n) is 26.5. The molecule has 13 heteroatoms. The third-order valence-electron chi connectivity index (χ3n) is 8.60. The lowest BCUT2D eigenvalue weighted by Gasteiger charge is -2.28. The van der Waals surface area contributed by atoms with E-state index in [0.29, 0.717) is 65.9 Å². The number of ether oxygens (including phenoxy) is 2. The van der Waals surface area contributed by atoms with Crippen molar-refractivity contribution in [3.63, 3.8) is 0 Å². The second-order valence-electron chi connectivity index (χ2n) is 11.4. The zero-order valence-corrected chi connectivity index (χ0v) is 27.3. The minimum atomic E-state index is -0.668. The number of carbonyl (C=O) groups is 4. The first-order valence-electron chi connectivity index (χ1n) is 15.3. The first-order chi connectivity index (χ1) is 23.2. The number of hydrogen-bond acceptors (Lipinski definition) is 9. The summed E-state index contributed by atoms with van der Waals surface area (Å²) in [5, 5.41) is 5.04. The Morgan fingerprint density at radius 1 is 0.979 bits per heavy atom. The van der Waals surface area contributed by atoms with Gasteiger partial charge in [-0.05, 0) is 85.1 Å². The molecule has 5 heterocycles. The molecule has 0 saturated heterocycles. The van der Waals surface area contributed by atoms with Crippen LogP contribution in [-0.2, 0) is 24.2 Å². The molecule has 0 aliphatic carbocycles. The van der Waals surface area contributed by atoms with Gasteiger partial charge < -0.3 is 28.6 Å². The maximum absolute atomic E-state index is 14.1. The van der Waals surface area contributed by atoms with Crippen molar-refractivity contribution in [1.82, 2.24) is 14.7 Å². The van der Waals surface area contributed by atoms with Crippen molar-refractivity contribution in [1.29, 1.82) is 0 Å². The Bertz CT molecular complexity index is 2030. The average Bonchev–Trinajstić information content (AvgIpc) is 3.87. The fraction of sp³-hybridized carbons (Fsp3) is 0.229. The summed E-state index contributed by atoms with van der Waals surface area (Å²) in [5.41, 5.74) is 3.67. The molecule has 0 unspecified atom stereocenters. The lowest BCUT2D eigenvalue weighted by Crippen LogP contribution is -2.39. The van der Waals surface area contributed by atoms with Gasteiger partial charge in [-0.25, -0.2) is 9.48 Å². The van der Waals surface area contributed by atoms with E-state index < -0.39 is 5.97 Å². The Kier molecular flexibility index (Phi) is 8.05. The highest BCUT2D eigenvalue weighted by Crippen LogP contribution is 2.36. The van der Waals surface area contributed by atoms with Crippen LogP contribution < -0.4 is 19.3 Å². The number of benzene rings is 2. The van der Waals surface area contributed by atoms with Gasteiger partial charge in [0.1, 0.15) is 11.4 Å². The SMILES string of the molecule is COc1ccc(-n2nc(C(=O)Oc3cc4c(s3)CCN(C(=O)c3ccco3)C4)c3c2C(=O)N(c2ccc(N(C)C(C)=O)cc2)CC3)cc1. The summed E-state index contributed by atoms with van der Waals surface area (Å²) in [4.78, 5) is 58.4. The Balaban J connectivity index is 1.17. The van der Waals surface area contributed by atoms with Crippen molar-refractivity contribution < 1.29 is 33.1 Å². The number of aromatic nitrogens is 2. The van der Waals surface area contributed by atoms with Crippen LogP contribution in [0, 0.1) is 0 Å². The third-order valence-corrected chi connectivity index (χ3v) is 9.72. The molecular formula is C35H31N5O7S. The van der Waals surface area contributed by atoms with Crippen LogP contribution >= 0.6 is 11.3 Å². The Labute approximate surface area is 279 Å². The number of furan rings is 1. The molecule has 3 aromatic heterocycles. The molecule has 0 spiro atoms. The van der Waals surface area contributed by atoms with Gasteiger partial charge in [-0.1, -0.05) is 0 Å². The Hall–Kier alpha value is -5.69. The first kappa shape index (κ1) is 30.9. The van der Waals surface area contributed by atoms with Gasteiger partial charge in [0.15, 0.2) is 16.5 Å². The van der Waals surface area contributed by atoms with Crippen molar-refractivity contribution in [2.24, 2.45) is 0 Å². The van der Waals surface area contributed by atoms with Crippen LogP contribution in [0.25, 0.3) is 5.69 Å². The highest BCUT2D eigenvalue weighted by atomic mass is 32.1. The van der Waals surface area contributed by atoms with Gasteiger partial charge >= 0.3 is 5.97 Å². The average molecular weight is 666 g/mol. The van der Waals surface area contributed by atoms with Crippen LogP contribution in [-0.4, -0.2) is 65.6 Å². The summed E-state index contributed by atoms with van der Waals surface area (Å²) >= 11 is 1.36. The highest BCUT2D eigenvalue weighted by molar-refractivity contribution is 7.14. The molecule has 48 heavy (non-hydrogen) atoms. The molecule has 0 N–H and O–H groups in total. The molecule has 5 aromatic rings. The number of anilines is 2. The molecule has 0 saturated carbocycles. The van der Waals surface area contributed by atoms with Crippen LogP contribution in [0.3, 0.4) is 0 Å². The summed E-state index contributed by atoms with van der Waals surface area (Å²) in [5.74, 6) is -0.367. The number of amides is 3. The van der Waals surface area contributed by atoms with Gasteiger partial charge in [0, 0.05) is 55.4 Å². The molecule has 7 rings (SSSR count). The summed E-state index contributed by atoms with van der Waals surface area (Å²) < 4.78 is 18.0. The largest absolute Gasteiger partial charge is 0.497 e. The van der Waals surface area contributed by atoms with Gasteiger partial charge in [0.25, 0.3) is 11.8 Å². The normalized spacial score (nSPS) is 13.9. The maximum atomic E-state index is 14.1. The fourth-order valence-corrected chi connectivity index (χ4v) is 6.95. The fourth-order valence-electron chi connectivity index (χ4n) is 5.94. The molecular weight excluding hydrogens is 634 g/mol. The van der Waals surface area contributed by atoms with E-state index in [2.05, 4.69) is 5.10 Å². The van der Waals surface area contributed by atoms with Crippen molar-refractivity contribution in [2.75, 3.05) is 37.0 Å². The number of hydrogen-bond donors (Lipinski definition) is 0. The van der Waals surface area contributed by atoms with Gasteiger partial charge in [-0.3, -0.25) is 14.4 Å². The Morgan fingerprint density at radius 2 is 1.73 bits per heavy atom. The van der Waals surface area contributed by atoms with Crippen molar-refractivity contribution in [3.05, 3.63) is 106 Å². The van der Waals surface area contributed by atoms with E-state index in [1.165, 1.54) is 34.1 Å². The summed E-state index contributed by atoms with van der Waals surface area (Å²) in [6.07, 6.45) is 2.46. The van der Waals surface area contributed by atoms with Crippen LogP contribution in [0.1, 0.15) is 54.5 Å². The minimum Gasteiger partial charge on any atom is -0.497 e. The predicted molar refractivity (Wildman–Crippen MR) is 177 cm³/mol. The van der Waals surface area contributed by atoms with E-state index in [1.807, 2.05) is 0 Å². The first-order valence-corrected chi connectivity index (χ1v) is 16.1. The lowest BCUT2D eigenvalue weighted by molar-refractivity contribution is -0.116. The smallest absolute Gasteiger partial charge is 0.365 e. The van der Waals surface area contributed by atoms with E-state index >= 15 is 0 Å². The predicted octanol–water partition coefficient (Wildman–Crippen LogP) is 5.14. The van der Waals surface area contributed by atoms with E-state index in [0.717, 1.165) is 10.4 Å². The van der Waals surface area contributed by atoms with Gasteiger partial charge in [0.05, 0.1) is 19.1 Å². The molecule has 2 aromatic carbocycles. The van der Waals surface area contributed by atoms with Crippen molar-refractivity contribution in [2.45, 2.75) is 26.3 Å². The monoisotopic (exact) mass is 665 g/mol. The molecule has 0 fully saturated rings. The van der Waals surface area contributed by atoms with Crippen LogP contribution in [0.4, 0.5) is 11.4 Å². The highest BCUT2D eigenvalue weighted by Gasteiger charge is 2.36. The van der Waals surface area contributed by atoms with Gasteiger partial charge in [0.2, 0.25) is 5.91 Å². The molecule has 244 valence electrons. The molecule has 0 bridgehead atoms. The molecule has 0 atom stereocenters. The topological polar surface area (TPSA) is 127 Å². The van der Waals surface area contributed by atoms with E-state index in [-0.39, 0.29) is 34.9 Å². The van der Waals surface area contributed by atoms with Crippen molar-refractivity contribution in [3.8, 4) is 16.5 Å². The van der Waals surface area contributed by atoms with Crippen LogP contribution in [0.5, 0.6) is 10.8 Å². The van der Waals surface area contributed by atoms with E-state index in [1.54, 1.807) is 90.7 Å². The second-order valence-corrected chi connectivity index (χ2v) is 12.5. The minimum absolute atomic E-state index is 0.0632. The molecule has 2 aliphatic heterocycles. The quantitative estimate of drug-likeness (QED) is 0.219. The molecule has 3 amide bonds. The summed E-state index contributed by atoms with van der Waals surface area (Å²) in [6.45, 7) is 2.70. The van der Waals surface area contributed by atoms with Gasteiger partial charge in [-0.2, -0.15) is 5.10 Å². The standard InChI is InChI=1S/C35H31N5O7S/c1-21(41)37(2)23-6-8-24(9-7-23)39-17-14-27-31(36-40(32(27)34(39)43)25-10-12-26(45-3)13-11-25)35(44)47-30-19-22-20-38(16-15-29(22)48-30)33(42)28-5-4-18-46-28/h4-13,18-19H,14-17,20H2,1-3H3. The van der Waals surface area contributed by atoms with E-state index in [9.17, 15) is 19.2 Å². The maximum Gasteiger partial charge on any atom is 0.365 e. The van der Waals surface area contributed by atoms with E-state index in [4.69, 9.17) is 13.9 Å². The second kappa shape index (κ2) is 12.5.